The molecule has 0 aliphatic rings. The zero-order chi connectivity index (χ0) is 14.5. The van der Waals surface area contributed by atoms with Crippen LogP contribution in [0, 0.1) is 12.7 Å². The van der Waals surface area contributed by atoms with Gasteiger partial charge in [0.15, 0.2) is 0 Å². The Morgan fingerprint density at radius 1 is 1.37 bits per heavy atom. The van der Waals surface area contributed by atoms with Crippen LogP contribution in [-0.4, -0.2) is 20.7 Å². The van der Waals surface area contributed by atoms with Crippen LogP contribution in [0.1, 0.15) is 36.9 Å². The average Bonchev–Trinajstić information content (AvgIpc) is 2.32. The van der Waals surface area contributed by atoms with E-state index in [1.54, 1.807) is 26.0 Å². The van der Waals surface area contributed by atoms with Gasteiger partial charge in [-0.1, -0.05) is 12.1 Å². The van der Waals surface area contributed by atoms with Crippen LogP contribution >= 0.6 is 0 Å². The average molecular weight is 288 g/mol. The van der Waals surface area contributed by atoms with Crippen LogP contribution in [0.4, 0.5) is 4.39 Å². The van der Waals surface area contributed by atoms with E-state index in [1.807, 2.05) is 0 Å². The summed E-state index contributed by atoms with van der Waals surface area (Å²) in [5.74, 6) is -0.283. The maximum absolute atomic E-state index is 13.4. The molecule has 1 unspecified atom stereocenters. The highest BCUT2D eigenvalue weighted by molar-refractivity contribution is 7.89. The van der Waals surface area contributed by atoms with Crippen molar-refractivity contribution in [3.8, 4) is 0 Å². The third-order valence-electron chi connectivity index (χ3n) is 2.92. The van der Waals surface area contributed by atoms with Gasteiger partial charge in [-0.05, 0) is 50.4 Å². The molecule has 0 saturated carbocycles. The molecule has 6 heteroatoms. The highest BCUT2D eigenvalue weighted by Crippen LogP contribution is 2.17. The van der Waals surface area contributed by atoms with Gasteiger partial charge in [-0.15, -0.1) is 0 Å². The molecule has 0 radical (unpaired) electrons. The first-order valence-corrected chi connectivity index (χ1v) is 7.97. The molecule has 1 atom stereocenters. The lowest BCUT2D eigenvalue weighted by molar-refractivity contribution is 0.560. The van der Waals surface area contributed by atoms with Gasteiger partial charge in [0, 0.05) is 6.04 Å². The topological polar surface area (TPSA) is 72.2 Å². The Kier molecular flexibility index (Phi) is 5.90. The van der Waals surface area contributed by atoms with Crippen LogP contribution in [0.2, 0.25) is 0 Å². The quantitative estimate of drug-likeness (QED) is 0.752. The van der Waals surface area contributed by atoms with E-state index in [9.17, 15) is 12.8 Å². The van der Waals surface area contributed by atoms with Gasteiger partial charge >= 0.3 is 0 Å². The summed E-state index contributed by atoms with van der Waals surface area (Å²) in [6.07, 6.45) is 1.20. The third-order valence-corrected chi connectivity index (χ3v) is 4.46. The van der Waals surface area contributed by atoms with Crippen molar-refractivity contribution < 1.29 is 12.8 Å². The molecule has 108 valence electrons. The summed E-state index contributed by atoms with van der Waals surface area (Å²) in [5.41, 5.74) is 6.48. The second-order valence-electron chi connectivity index (χ2n) is 4.66. The van der Waals surface area contributed by atoms with Gasteiger partial charge in [-0.25, -0.2) is 17.5 Å². The molecule has 0 aliphatic carbocycles. The number of aryl methyl sites for hydroxylation is 1. The van der Waals surface area contributed by atoms with Gasteiger partial charge in [0.2, 0.25) is 10.0 Å². The van der Waals surface area contributed by atoms with Crippen LogP contribution in [0.5, 0.6) is 0 Å². The van der Waals surface area contributed by atoms with E-state index >= 15 is 0 Å². The molecule has 0 bridgehead atoms. The first-order chi connectivity index (χ1) is 8.85. The van der Waals surface area contributed by atoms with Gasteiger partial charge in [0.05, 0.1) is 5.75 Å². The highest BCUT2D eigenvalue weighted by Gasteiger charge is 2.16. The predicted octanol–water partition coefficient (Wildman–Crippen LogP) is 1.85. The zero-order valence-corrected chi connectivity index (χ0v) is 12.1. The first-order valence-electron chi connectivity index (χ1n) is 6.32. The van der Waals surface area contributed by atoms with E-state index in [0.29, 0.717) is 30.5 Å². The van der Waals surface area contributed by atoms with E-state index in [-0.39, 0.29) is 11.6 Å². The van der Waals surface area contributed by atoms with Crippen molar-refractivity contribution in [3.05, 3.63) is 35.1 Å². The molecular formula is C13H21FN2O2S. The number of hydrogen-bond acceptors (Lipinski definition) is 3. The van der Waals surface area contributed by atoms with Gasteiger partial charge in [0.1, 0.15) is 5.82 Å². The number of benzene rings is 1. The molecular weight excluding hydrogens is 267 g/mol. The van der Waals surface area contributed by atoms with Gasteiger partial charge in [-0.3, -0.25) is 0 Å². The minimum absolute atomic E-state index is 0.0445. The number of unbranched alkanes of at least 4 members (excludes halogenated alkanes) is 1. The first kappa shape index (κ1) is 16.1. The maximum atomic E-state index is 13.4. The van der Waals surface area contributed by atoms with Crippen molar-refractivity contribution in [2.24, 2.45) is 5.73 Å². The Morgan fingerprint density at radius 3 is 2.63 bits per heavy atom. The fourth-order valence-electron chi connectivity index (χ4n) is 1.71. The van der Waals surface area contributed by atoms with Crippen molar-refractivity contribution in [3.63, 3.8) is 0 Å². The smallest absolute Gasteiger partial charge is 0.212 e. The SMILES string of the molecule is Cc1ccc(C(C)NS(=O)(=O)CCCCN)cc1F. The molecule has 1 aromatic rings. The third kappa shape index (κ3) is 5.26. The molecule has 1 aromatic carbocycles. The number of sulfonamides is 1. The molecule has 0 saturated heterocycles. The van der Waals surface area contributed by atoms with E-state index in [4.69, 9.17) is 5.73 Å². The minimum Gasteiger partial charge on any atom is -0.330 e. The lowest BCUT2D eigenvalue weighted by Gasteiger charge is -2.15. The predicted molar refractivity (Wildman–Crippen MR) is 74.8 cm³/mol. The van der Waals surface area contributed by atoms with Crippen molar-refractivity contribution in [1.82, 2.24) is 4.72 Å². The number of nitrogens with two attached hydrogens (primary N) is 1. The minimum atomic E-state index is -3.35. The molecule has 3 N–H and O–H groups in total. The summed E-state index contributed by atoms with van der Waals surface area (Å²) in [4.78, 5) is 0. The summed E-state index contributed by atoms with van der Waals surface area (Å²) in [7, 11) is -3.35. The fraction of sp³-hybridized carbons (Fsp3) is 0.538. The van der Waals surface area contributed by atoms with Crippen molar-refractivity contribution in [2.45, 2.75) is 32.7 Å². The second kappa shape index (κ2) is 6.98. The van der Waals surface area contributed by atoms with Crippen molar-refractivity contribution in [1.29, 1.82) is 0 Å². The Bertz CT molecular complexity index is 517. The molecule has 19 heavy (non-hydrogen) atoms. The lowest BCUT2D eigenvalue weighted by Crippen LogP contribution is -2.29. The highest BCUT2D eigenvalue weighted by atomic mass is 32.2. The van der Waals surface area contributed by atoms with Gasteiger partial charge < -0.3 is 5.73 Å². The summed E-state index contributed by atoms with van der Waals surface area (Å²) < 4.78 is 39.6. The van der Waals surface area contributed by atoms with E-state index in [1.165, 1.54) is 6.07 Å². The van der Waals surface area contributed by atoms with Crippen molar-refractivity contribution >= 4 is 10.0 Å². The summed E-state index contributed by atoms with van der Waals surface area (Å²) >= 11 is 0. The van der Waals surface area contributed by atoms with Crippen LogP contribution in [-0.2, 0) is 10.0 Å². The largest absolute Gasteiger partial charge is 0.330 e. The van der Waals surface area contributed by atoms with Gasteiger partial charge in [-0.2, -0.15) is 0 Å². The monoisotopic (exact) mass is 288 g/mol. The van der Waals surface area contributed by atoms with Crippen molar-refractivity contribution in [2.75, 3.05) is 12.3 Å². The summed E-state index contributed by atoms with van der Waals surface area (Å²) in [6.45, 7) is 3.85. The Morgan fingerprint density at radius 2 is 2.05 bits per heavy atom. The second-order valence-corrected chi connectivity index (χ2v) is 6.54. The Labute approximate surface area is 114 Å². The molecule has 0 amide bonds. The zero-order valence-electron chi connectivity index (χ0n) is 11.3. The maximum Gasteiger partial charge on any atom is 0.212 e. The molecule has 1 rings (SSSR count). The molecule has 0 spiro atoms. The normalized spacial score (nSPS) is 13.5. The Balaban J connectivity index is 2.67. The number of hydrogen-bond donors (Lipinski definition) is 2. The van der Waals surface area contributed by atoms with Crippen LogP contribution in [0.3, 0.4) is 0 Å². The van der Waals surface area contributed by atoms with Crippen LogP contribution in [0.15, 0.2) is 18.2 Å². The van der Waals surface area contributed by atoms with E-state index in [0.717, 1.165) is 0 Å². The fourth-order valence-corrected chi connectivity index (χ4v) is 3.09. The molecule has 4 nitrogen and oxygen atoms in total. The summed E-state index contributed by atoms with van der Waals surface area (Å²) in [5, 5.41) is 0. The van der Waals surface area contributed by atoms with Crippen LogP contribution in [0.25, 0.3) is 0 Å². The summed E-state index contributed by atoms with van der Waals surface area (Å²) in [6, 6.07) is 4.29. The van der Waals surface area contributed by atoms with Crippen LogP contribution < -0.4 is 10.5 Å². The van der Waals surface area contributed by atoms with Gasteiger partial charge in [0.25, 0.3) is 0 Å². The van der Waals surface area contributed by atoms with E-state index < -0.39 is 16.1 Å². The molecule has 0 fully saturated rings. The Hall–Kier alpha value is -0.980. The number of rotatable bonds is 7. The standard InChI is InChI=1S/C13H21FN2O2S/c1-10-5-6-12(9-13(10)14)11(2)16-19(17,18)8-4-3-7-15/h5-6,9,11,16H,3-4,7-8,15H2,1-2H3. The van der Waals surface area contributed by atoms with E-state index in [2.05, 4.69) is 4.72 Å². The molecule has 0 aromatic heterocycles. The lowest BCUT2D eigenvalue weighted by atomic mass is 10.1. The molecule has 0 aliphatic heterocycles. The molecule has 0 heterocycles. The number of halogens is 1. The number of nitrogens with one attached hydrogen (secondary N) is 1.